The molecule has 11 heteroatoms. The zero-order chi connectivity index (χ0) is 20.3. The fraction of sp³-hybridized carbons (Fsp3) is 0.733. The Morgan fingerprint density at radius 2 is 1.81 bits per heavy atom. The maximum atomic E-state index is 12.0. The number of nitrogens with two attached hydrogens (primary N) is 1. The minimum absolute atomic E-state index is 0.0141. The number of nitrogens with zero attached hydrogens (tertiary/aromatic N) is 1. The molecule has 0 aromatic rings. The van der Waals surface area contributed by atoms with E-state index in [9.17, 15) is 19.2 Å². The van der Waals surface area contributed by atoms with Gasteiger partial charge in [0.25, 0.3) is 0 Å². The van der Waals surface area contributed by atoms with Crippen LogP contribution in [-0.4, -0.2) is 92.0 Å². The van der Waals surface area contributed by atoms with Crippen LogP contribution in [0.5, 0.6) is 0 Å². The number of hydrogen-bond donors (Lipinski definition) is 5. The van der Waals surface area contributed by atoms with Crippen LogP contribution in [0.1, 0.15) is 12.8 Å². The Labute approximate surface area is 158 Å². The summed E-state index contributed by atoms with van der Waals surface area (Å²) in [5.41, 5.74) is 5.57. The topological polar surface area (TPSA) is 148 Å². The molecule has 0 unspecified atom stereocenters. The van der Waals surface area contributed by atoms with E-state index in [4.69, 9.17) is 15.6 Å². The largest absolute Gasteiger partial charge is 0.481 e. The predicted octanol–water partition coefficient (Wildman–Crippen LogP) is -2.04. The van der Waals surface area contributed by atoms with Gasteiger partial charge in [-0.3, -0.25) is 19.2 Å². The second-order valence-corrected chi connectivity index (χ2v) is 7.10. The van der Waals surface area contributed by atoms with Gasteiger partial charge < -0.3 is 30.7 Å². The van der Waals surface area contributed by atoms with Crippen LogP contribution < -0.4 is 16.4 Å². The summed E-state index contributed by atoms with van der Waals surface area (Å²) < 4.78 is 5.64. The smallest absolute Gasteiger partial charge is 0.325 e. The quantitative estimate of drug-likeness (QED) is 0.146. The van der Waals surface area contributed by atoms with E-state index in [1.807, 2.05) is 21.1 Å². The van der Waals surface area contributed by atoms with Crippen molar-refractivity contribution in [2.24, 2.45) is 5.73 Å². The molecule has 5 N–H and O–H groups in total. The monoisotopic (exact) mass is 393 g/mol. The Bertz CT molecular complexity index is 509. The molecule has 0 aromatic carbocycles. The third-order valence-corrected chi connectivity index (χ3v) is 3.62. The summed E-state index contributed by atoms with van der Waals surface area (Å²) in [5.74, 6) is -2.94. The van der Waals surface area contributed by atoms with Crippen LogP contribution in [-0.2, 0) is 23.9 Å². The van der Waals surface area contributed by atoms with Crippen molar-refractivity contribution in [1.29, 1.82) is 0 Å². The highest BCUT2D eigenvalue weighted by Crippen LogP contribution is 1.97. The summed E-state index contributed by atoms with van der Waals surface area (Å²) in [6.07, 6.45) is -0.313. The van der Waals surface area contributed by atoms with Gasteiger partial charge in [0.2, 0.25) is 11.8 Å². The van der Waals surface area contributed by atoms with Gasteiger partial charge in [0.1, 0.15) is 25.7 Å². The molecule has 2 atom stereocenters. The van der Waals surface area contributed by atoms with Crippen LogP contribution in [0.4, 0.5) is 0 Å². The Balaban J connectivity index is 4.29. The molecule has 0 saturated carbocycles. The van der Waals surface area contributed by atoms with Gasteiger partial charge in [0.05, 0.1) is 27.2 Å². The molecule has 0 radical (unpaired) electrons. The number of carboxylic acid groups (broad SMARTS) is 1. The third-order valence-electron chi connectivity index (χ3n) is 3.25. The molecule has 0 aliphatic heterocycles. The molecular formula is C15H29N4O6S+. The van der Waals surface area contributed by atoms with Gasteiger partial charge in [-0.05, 0) is 6.42 Å². The molecule has 2 amide bonds. The minimum Gasteiger partial charge on any atom is -0.481 e. The number of rotatable bonds is 12. The average molecular weight is 393 g/mol. The zero-order valence-electron chi connectivity index (χ0n) is 15.4. The average Bonchev–Trinajstić information content (AvgIpc) is 2.53. The molecule has 0 aliphatic rings. The highest BCUT2D eigenvalue weighted by atomic mass is 32.1. The van der Waals surface area contributed by atoms with Crippen molar-refractivity contribution in [3.8, 4) is 0 Å². The van der Waals surface area contributed by atoms with Gasteiger partial charge in [0, 0.05) is 12.2 Å². The van der Waals surface area contributed by atoms with E-state index in [0.29, 0.717) is 11.0 Å². The lowest BCUT2D eigenvalue weighted by molar-refractivity contribution is -0.870. The molecule has 150 valence electrons. The minimum atomic E-state index is -1.07. The number of carbonyl (C=O) groups excluding carboxylic acids is 3. The van der Waals surface area contributed by atoms with Crippen molar-refractivity contribution in [3.63, 3.8) is 0 Å². The Morgan fingerprint density at radius 1 is 1.19 bits per heavy atom. The normalized spacial score (nSPS) is 13.4. The van der Waals surface area contributed by atoms with Gasteiger partial charge in [-0.25, -0.2) is 0 Å². The van der Waals surface area contributed by atoms with Gasteiger partial charge >= 0.3 is 11.9 Å². The number of amides is 2. The van der Waals surface area contributed by atoms with E-state index in [-0.39, 0.29) is 31.7 Å². The number of nitrogens with one attached hydrogen (secondary N) is 2. The number of ether oxygens (including phenoxy) is 1. The van der Waals surface area contributed by atoms with Gasteiger partial charge in [-0.15, -0.1) is 0 Å². The molecule has 0 fully saturated rings. The maximum absolute atomic E-state index is 12.0. The van der Waals surface area contributed by atoms with Crippen molar-refractivity contribution in [3.05, 3.63) is 0 Å². The van der Waals surface area contributed by atoms with Crippen LogP contribution in [0, 0.1) is 0 Å². The summed E-state index contributed by atoms with van der Waals surface area (Å²) in [4.78, 5) is 46.0. The number of quaternary nitrogens is 1. The fourth-order valence-corrected chi connectivity index (χ4v) is 1.91. The molecule has 0 aliphatic carbocycles. The first kappa shape index (κ1) is 24.1. The molecule has 0 heterocycles. The lowest BCUT2D eigenvalue weighted by Crippen LogP contribution is -2.53. The zero-order valence-corrected chi connectivity index (χ0v) is 16.3. The Morgan fingerprint density at radius 3 is 2.31 bits per heavy atom. The van der Waals surface area contributed by atoms with Crippen molar-refractivity contribution in [2.45, 2.75) is 24.9 Å². The van der Waals surface area contributed by atoms with Gasteiger partial charge in [0.15, 0.2) is 0 Å². The van der Waals surface area contributed by atoms with Crippen LogP contribution in [0.3, 0.4) is 0 Å². The standard InChI is InChI=1S/C15H28N4O6S/c1-19(2,3)6-7-25-13(22)8-17-15(24)11(9-26)18-14(23)10(16)4-5-12(20)21/h10-11H,4-9,16H2,1-3H3,(H3-,17,18,20,21,23,24,26)/p+1/t10-,11-/m0/s1. The molecule has 0 aromatic heterocycles. The number of hydrogen-bond acceptors (Lipinski definition) is 7. The molecule has 10 nitrogen and oxygen atoms in total. The summed E-state index contributed by atoms with van der Waals surface area (Å²) in [5, 5.41) is 13.3. The van der Waals surface area contributed by atoms with Gasteiger partial charge in [-0.1, -0.05) is 0 Å². The van der Waals surface area contributed by atoms with Crippen LogP contribution in [0.15, 0.2) is 0 Å². The van der Waals surface area contributed by atoms with Crippen LogP contribution in [0.25, 0.3) is 0 Å². The number of carboxylic acids is 1. The SMILES string of the molecule is C[N+](C)(C)CCOC(=O)CNC(=O)[C@H](CS)NC(=O)[C@@H](N)CCC(=O)O. The maximum Gasteiger partial charge on any atom is 0.325 e. The predicted molar refractivity (Wildman–Crippen MR) is 97.5 cm³/mol. The molecule has 26 heavy (non-hydrogen) atoms. The number of esters is 1. The van der Waals surface area contributed by atoms with E-state index < -0.39 is 35.8 Å². The van der Waals surface area contributed by atoms with E-state index in [0.717, 1.165) is 0 Å². The van der Waals surface area contributed by atoms with E-state index in [2.05, 4.69) is 23.3 Å². The summed E-state index contributed by atoms with van der Waals surface area (Å²) >= 11 is 3.99. The lowest BCUT2D eigenvalue weighted by atomic mass is 10.1. The van der Waals surface area contributed by atoms with E-state index in [1.54, 1.807) is 0 Å². The second kappa shape index (κ2) is 11.7. The summed E-state index contributed by atoms with van der Waals surface area (Å²) in [7, 11) is 5.87. The van der Waals surface area contributed by atoms with Crippen molar-refractivity contribution in [1.82, 2.24) is 10.6 Å². The number of aliphatic carboxylic acids is 1. The highest BCUT2D eigenvalue weighted by molar-refractivity contribution is 7.80. The van der Waals surface area contributed by atoms with E-state index >= 15 is 0 Å². The lowest BCUT2D eigenvalue weighted by Gasteiger charge is -2.23. The molecule has 0 spiro atoms. The first-order valence-corrected chi connectivity index (χ1v) is 8.72. The van der Waals surface area contributed by atoms with E-state index in [1.165, 1.54) is 0 Å². The first-order valence-electron chi connectivity index (χ1n) is 8.08. The molecule has 0 bridgehead atoms. The third kappa shape index (κ3) is 11.7. The van der Waals surface area contributed by atoms with Crippen LogP contribution >= 0.6 is 12.6 Å². The summed E-state index contributed by atoms with van der Waals surface area (Å²) in [6, 6.07) is -2.05. The fourth-order valence-electron chi connectivity index (χ4n) is 1.65. The second-order valence-electron chi connectivity index (χ2n) is 6.73. The number of carbonyl (C=O) groups is 4. The van der Waals surface area contributed by atoms with Crippen molar-refractivity contribution >= 4 is 36.4 Å². The molecule has 0 rings (SSSR count). The van der Waals surface area contributed by atoms with Gasteiger partial charge in [-0.2, -0.15) is 12.6 Å². The number of thiol groups is 1. The Kier molecular flexibility index (Phi) is 10.9. The Hall–Kier alpha value is -1.85. The van der Waals surface area contributed by atoms with Crippen molar-refractivity contribution in [2.75, 3.05) is 46.6 Å². The highest BCUT2D eigenvalue weighted by Gasteiger charge is 2.23. The number of likely N-dealkylation sites (N-methyl/N-ethyl adjacent to an activating group) is 1. The molecular weight excluding hydrogens is 364 g/mol. The van der Waals surface area contributed by atoms with Crippen LogP contribution in [0.2, 0.25) is 0 Å². The first-order chi connectivity index (χ1) is 12.0. The molecule has 0 saturated heterocycles. The van der Waals surface area contributed by atoms with Crippen molar-refractivity contribution < 1.29 is 33.5 Å². The summed E-state index contributed by atoms with van der Waals surface area (Å²) in [6.45, 7) is 0.522.